The molecule has 0 saturated heterocycles. The van der Waals surface area contributed by atoms with E-state index in [-0.39, 0.29) is 17.6 Å². The second-order valence-electron chi connectivity index (χ2n) is 9.16. The Morgan fingerprint density at radius 2 is 1.89 bits per heavy atom. The van der Waals surface area contributed by atoms with Crippen molar-refractivity contribution >= 4 is 33.2 Å². The highest BCUT2D eigenvalue weighted by atomic mass is 32.1. The van der Waals surface area contributed by atoms with Gasteiger partial charge in [0.2, 0.25) is 0 Å². The second kappa shape index (κ2) is 8.89. The molecule has 7 heteroatoms. The Bertz CT molecular complexity index is 1470. The summed E-state index contributed by atoms with van der Waals surface area (Å²) in [6.07, 6.45) is 11.2. The van der Waals surface area contributed by atoms with Crippen LogP contribution in [0, 0.1) is 0 Å². The number of fused-ring (bicyclic) bond motifs is 2. The van der Waals surface area contributed by atoms with Crippen LogP contribution in [0.15, 0.2) is 82.3 Å². The minimum atomic E-state index is -0.0636. The molecule has 0 spiro atoms. The smallest absolute Gasteiger partial charge is 0.268 e. The Balaban J connectivity index is 1.24. The predicted molar refractivity (Wildman–Crippen MR) is 138 cm³/mol. The minimum Gasteiger partial charge on any atom is -0.493 e. The summed E-state index contributed by atoms with van der Waals surface area (Å²) in [4.78, 5) is 27.8. The molecule has 0 bridgehead atoms. The van der Waals surface area contributed by atoms with Gasteiger partial charge in [-0.15, -0.1) is 0 Å². The van der Waals surface area contributed by atoms with Gasteiger partial charge >= 0.3 is 0 Å². The lowest BCUT2D eigenvalue weighted by atomic mass is 9.96. The zero-order valence-electron chi connectivity index (χ0n) is 19.5. The molecule has 6 rings (SSSR count). The first-order valence-electron chi connectivity index (χ1n) is 12.0. The summed E-state index contributed by atoms with van der Waals surface area (Å²) in [5.41, 5.74) is 3.41. The minimum absolute atomic E-state index is 0.0126. The quantitative estimate of drug-likeness (QED) is 0.456. The molecule has 1 amide bonds. The standard InChI is InChI=1S/C28H26N2O4S/c1-33-24-13-12-20(15-25(24)34-21-6-2-3-7-21)29-17-19-11-10-18(14-23(19)27(29)31)16-30-28(32)22-8-4-5-9-26(22)35-30/h4-5,8-10,12-15,17,21H,2-3,6-7,11,16H2,1H3. The van der Waals surface area contributed by atoms with Crippen molar-refractivity contribution < 1.29 is 14.3 Å². The van der Waals surface area contributed by atoms with Gasteiger partial charge in [-0.2, -0.15) is 0 Å². The number of methoxy groups -OCH3 is 1. The number of carbonyl (C=O) groups is 1. The Hall–Kier alpha value is -3.58. The molecule has 0 unspecified atom stereocenters. The number of benzene rings is 2. The maximum Gasteiger partial charge on any atom is 0.268 e. The van der Waals surface area contributed by atoms with Crippen LogP contribution in [0.4, 0.5) is 5.69 Å². The average Bonchev–Trinajstić information content (AvgIpc) is 3.59. The number of hydrogen-bond acceptors (Lipinski definition) is 5. The maximum atomic E-state index is 13.4. The Morgan fingerprint density at radius 1 is 1.06 bits per heavy atom. The molecule has 1 fully saturated rings. The monoisotopic (exact) mass is 486 g/mol. The molecule has 6 nitrogen and oxygen atoms in total. The normalized spacial score (nSPS) is 17.9. The molecule has 0 atom stereocenters. The van der Waals surface area contributed by atoms with E-state index >= 15 is 0 Å². The van der Waals surface area contributed by atoms with Gasteiger partial charge in [-0.1, -0.05) is 29.7 Å². The van der Waals surface area contributed by atoms with E-state index in [0.29, 0.717) is 30.0 Å². The number of hydrogen-bond donors (Lipinski definition) is 0. The van der Waals surface area contributed by atoms with Crippen molar-refractivity contribution in [2.75, 3.05) is 12.0 Å². The van der Waals surface area contributed by atoms with E-state index in [1.165, 1.54) is 24.4 Å². The Kier molecular flexibility index (Phi) is 5.57. The van der Waals surface area contributed by atoms with Crippen LogP contribution in [0.1, 0.15) is 32.1 Å². The molecule has 3 aromatic rings. The van der Waals surface area contributed by atoms with Gasteiger partial charge < -0.3 is 9.47 Å². The number of carbonyl (C=O) groups excluding carboxylic acids is 1. The van der Waals surface area contributed by atoms with E-state index in [4.69, 9.17) is 9.47 Å². The van der Waals surface area contributed by atoms with E-state index in [1.54, 1.807) is 16.0 Å². The topological polar surface area (TPSA) is 60.8 Å². The van der Waals surface area contributed by atoms with E-state index in [9.17, 15) is 9.59 Å². The molecule has 178 valence electrons. The molecular formula is C28H26N2O4S. The first-order valence-corrected chi connectivity index (χ1v) is 12.8. The van der Waals surface area contributed by atoms with Crippen LogP contribution in [0.2, 0.25) is 0 Å². The highest BCUT2D eigenvalue weighted by Gasteiger charge is 2.31. The number of anilines is 1. The number of aromatic nitrogens is 1. The summed E-state index contributed by atoms with van der Waals surface area (Å²) >= 11 is 1.46. The van der Waals surface area contributed by atoms with E-state index in [2.05, 4.69) is 6.08 Å². The van der Waals surface area contributed by atoms with Crippen LogP contribution < -0.4 is 19.9 Å². The average molecular weight is 487 g/mol. The number of allylic oxidation sites excluding steroid dienone is 3. The third-order valence-corrected chi connectivity index (χ3v) is 7.96. The number of rotatable bonds is 6. The zero-order chi connectivity index (χ0) is 23.9. The summed E-state index contributed by atoms with van der Waals surface area (Å²) < 4.78 is 14.5. The largest absolute Gasteiger partial charge is 0.493 e. The van der Waals surface area contributed by atoms with Crippen LogP contribution in [-0.2, 0) is 11.3 Å². The third kappa shape index (κ3) is 4.00. The summed E-state index contributed by atoms with van der Waals surface area (Å²) in [5, 5.41) is 0.736. The van der Waals surface area contributed by atoms with Crippen LogP contribution in [0.3, 0.4) is 0 Å². The van der Waals surface area contributed by atoms with E-state index in [0.717, 1.165) is 39.8 Å². The van der Waals surface area contributed by atoms with Gasteiger partial charge in [0.1, 0.15) is 0 Å². The van der Waals surface area contributed by atoms with Crippen molar-refractivity contribution in [3.05, 3.63) is 87.9 Å². The van der Waals surface area contributed by atoms with Gasteiger partial charge in [-0.3, -0.25) is 18.4 Å². The lowest BCUT2D eigenvalue weighted by Crippen LogP contribution is -2.22. The van der Waals surface area contributed by atoms with Crippen LogP contribution in [0.5, 0.6) is 11.5 Å². The van der Waals surface area contributed by atoms with Gasteiger partial charge in [-0.05, 0) is 73.6 Å². The molecule has 1 saturated carbocycles. The van der Waals surface area contributed by atoms with Crippen LogP contribution >= 0.6 is 11.5 Å². The third-order valence-electron chi connectivity index (χ3n) is 6.89. The highest BCUT2D eigenvalue weighted by molar-refractivity contribution is 7.13. The van der Waals surface area contributed by atoms with Crippen molar-refractivity contribution in [2.45, 2.75) is 44.8 Å². The van der Waals surface area contributed by atoms with Crippen LogP contribution in [0.25, 0.3) is 10.1 Å². The van der Waals surface area contributed by atoms with Crippen molar-refractivity contribution in [2.24, 2.45) is 0 Å². The number of amides is 1. The first kappa shape index (κ1) is 21.9. The maximum absolute atomic E-state index is 13.4. The van der Waals surface area contributed by atoms with Crippen molar-refractivity contribution in [3.8, 4) is 11.5 Å². The molecule has 2 aromatic carbocycles. The number of ether oxygens (including phenoxy) is 2. The summed E-state index contributed by atoms with van der Waals surface area (Å²) in [7, 11) is 1.63. The Labute approximate surface area is 207 Å². The lowest BCUT2D eigenvalue weighted by Gasteiger charge is -2.19. The molecule has 1 aliphatic heterocycles. The fraction of sp³-hybridized carbons (Fsp3) is 0.286. The summed E-state index contributed by atoms with van der Waals surface area (Å²) in [5.74, 6) is 1.29. The molecular weight excluding hydrogens is 460 g/mol. The van der Waals surface area contributed by atoms with E-state index < -0.39 is 0 Å². The van der Waals surface area contributed by atoms with Gasteiger partial charge in [0.25, 0.3) is 11.5 Å². The second-order valence-corrected chi connectivity index (χ2v) is 10.2. The molecule has 0 N–H and O–H groups in total. The number of nitrogens with zero attached hydrogens (tertiary/aromatic N) is 2. The zero-order valence-corrected chi connectivity index (χ0v) is 20.3. The predicted octanol–water partition coefficient (Wildman–Crippen LogP) is 5.58. The Morgan fingerprint density at radius 3 is 2.69 bits per heavy atom. The van der Waals surface area contributed by atoms with Crippen molar-refractivity contribution in [3.63, 3.8) is 0 Å². The first-order chi connectivity index (χ1) is 17.1. The summed E-state index contributed by atoms with van der Waals surface area (Å²) in [6, 6.07) is 13.3. The molecule has 35 heavy (non-hydrogen) atoms. The van der Waals surface area contributed by atoms with Crippen molar-refractivity contribution in [1.29, 1.82) is 0 Å². The van der Waals surface area contributed by atoms with Gasteiger partial charge in [0.05, 0.1) is 35.5 Å². The van der Waals surface area contributed by atoms with Crippen LogP contribution in [-0.4, -0.2) is 23.1 Å². The molecule has 2 heterocycles. The lowest BCUT2D eigenvalue weighted by molar-refractivity contribution is -0.114. The molecule has 1 aromatic heterocycles. The summed E-state index contributed by atoms with van der Waals surface area (Å²) in [6.45, 7) is 0.462. The van der Waals surface area contributed by atoms with Gasteiger partial charge in [0.15, 0.2) is 11.5 Å². The molecule has 3 aliphatic rings. The van der Waals surface area contributed by atoms with Gasteiger partial charge in [0, 0.05) is 17.8 Å². The molecule has 0 radical (unpaired) electrons. The fourth-order valence-corrected chi connectivity index (χ4v) is 6.06. The van der Waals surface area contributed by atoms with Gasteiger partial charge in [-0.25, -0.2) is 0 Å². The SMILES string of the molecule is COc1ccc(N2C=C3CC=C(Cn4sc5ccccc5c4=O)C=C3C2=O)cc1OC1CCCC1. The highest BCUT2D eigenvalue weighted by Crippen LogP contribution is 2.39. The fourth-order valence-electron chi connectivity index (χ4n) is 5.04. The molecule has 2 aliphatic carbocycles. The van der Waals surface area contributed by atoms with E-state index in [1.807, 2.05) is 54.7 Å². The van der Waals surface area contributed by atoms with Crippen molar-refractivity contribution in [1.82, 2.24) is 3.96 Å².